The van der Waals surface area contributed by atoms with Gasteiger partial charge in [0.05, 0.1) is 25.4 Å². The predicted molar refractivity (Wildman–Crippen MR) is 147 cm³/mol. The van der Waals surface area contributed by atoms with Crippen molar-refractivity contribution in [2.24, 2.45) is 0 Å². The fourth-order valence-electron chi connectivity index (χ4n) is 4.73. The van der Waals surface area contributed by atoms with Gasteiger partial charge >= 0.3 is 0 Å². The number of nitrogens with one attached hydrogen (secondary N) is 1. The van der Waals surface area contributed by atoms with Gasteiger partial charge in [0, 0.05) is 31.2 Å². The van der Waals surface area contributed by atoms with Crippen LogP contribution in [-0.2, 0) is 6.54 Å². The van der Waals surface area contributed by atoms with Gasteiger partial charge in [0.15, 0.2) is 0 Å². The van der Waals surface area contributed by atoms with E-state index in [1.807, 2.05) is 0 Å². The molecule has 2 heterocycles. The number of ether oxygens (including phenoxy) is 1. The number of nitrogens with two attached hydrogens (primary N) is 1. The second-order valence-electron chi connectivity index (χ2n) is 8.94. The average Bonchev–Trinajstić information content (AvgIpc) is 2.91. The minimum atomic E-state index is 0.167. The second-order valence-corrected chi connectivity index (χ2v) is 9.38. The van der Waals surface area contributed by atoms with E-state index in [2.05, 4.69) is 90.7 Å². The number of hydrogen-bond donors (Lipinski definition) is 2. The van der Waals surface area contributed by atoms with Gasteiger partial charge in [-0.25, -0.2) is 0 Å². The Labute approximate surface area is 222 Å². The van der Waals surface area contributed by atoms with E-state index < -0.39 is 0 Å². The highest BCUT2D eigenvalue weighted by Gasteiger charge is 2.26. The van der Waals surface area contributed by atoms with Crippen LogP contribution in [0.15, 0.2) is 78.9 Å². The maximum Gasteiger partial charge on any atom is 0.232 e. The first-order valence-electron chi connectivity index (χ1n) is 12.3. The summed E-state index contributed by atoms with van der Waals surface area (Å²) in [6, 6.07) is 26.9. The monoisotopic (exact) mass is 515 g/mol. The fraction of sp³-hybridized carbons (Fsp3) is 0.250. The molecule has 0 unspecified atom stereocenters. The maximum atomic E-state index is 6.16. The van der Waals surface area contributed by atoms with E-state index in [0.717, 1.165) is 26.2 Å². The van der Waals surface area contributed by atoms with Crippen molar-refractivity contribution < 1.29 is 4.74 Å². The largest absolute Gasteiger partial charge is 0.495 e. The van der Waals surface area contributed by atoms with E-state index in [1.54, 1.807) is 25.3 Å². The molecule has 0 bridgehead atoms. The zero-order valence-corrected chi connectivity index (χ0v) is 21.5. The average molecular weight is 516 g/mol. The van der Waals surface area contributed by atoms with Crippen LogP contribution < -0.4 is 15.8 Å². The molecule has 1 aliphatic rings. The van der Waals surface area contributed by atoms with Gasteiger partial charge < -0.3 is 15.8 Å². The summed E-state index contributed by atoms with van der Waals surface area (Å²) in [4.78, 5) is 18.1. The Morgan fingerprint density at radius 1 is 0.892 bits per heavy atom. The topological polar surface area (TPSA) is 92.4 Å². The Morgan fingerprint density at radius 3 is 2.16 bits per heavy atom. The second kappa shape index (κ2) is 11.6. The van der Waals surface area contributed by atoms with Gasteiger partial charge in [-0.15, -0.1) is 0 Å². The number of aromatic nitrogens is 3. The molecule has 190 valence electrons. The molecule has 1 aliphatic heterocycles. The zero-order valence-electron chi connectivity index (χ0n) is 20.7. The highest BCUT2D eigenvalue weighted by Crippen LogP contribution is 2.31. The number of rotatable bonds is 8. The van der Waals surface area contributed by atoms with Crippen LogP contribution in [0.25, 0.3) is 0 Å². The lowest BCUT2D eigenvalue weighted by molar-refractivity contribution is 0.103. The lowest BCUT2D eigenvalue weighted by atomic mass is 9.96. The fourth-order valence-corrected chi connectivity index (χ4v) is 4.90. The summed E-state index contributed by atoms with van der Waals surface area (Å²) in [6.45, 7) is 4.24. The van der Waals surface area contributed by atoms with E-state index in [1.165, 1.54) is 11.1 Å². The molecule has 0 aliphatic carbocycles. The molecule has 0 atom stereocenters. The van der Waals surface area contributed by atoms with Crippen molar-refractivity contribution >= 4 is 29.2 Å². The first kappa shape index (κ1) is 25.0. The third kappa shape index (κ3) is 6.17. The van der Waals surface area contributed by atoms with Crippen molar-refractivity contribution in [2.75, 3.05) is 44.3 Å². The molecule has 4 aromatic rings. The van der Waals surface area contributed by atoms with Crippen LogP contribution in [0, 0.1) is 0 Å². The van der Waals surface area contributed by atoms with Crippen molar-refractivity contribution in [1.29, 1.82) is 0 Å². The number of nitrogens with zero attached hydrogens (tertiary/aromatic N) is 5. The van der Waals surface area contributed by atoms with E-state index in [0.29, 0.717) is 34.8 Å². The van der Waals surface area contributed by atoms with Gasteiger partial charge in [0.25, 0.3) is 0 Å². The predicted octanol–water partition coefficient (Wildman–Crippen LogP) is 4.77. The molecule has 1 fully saturated rings. The normalized spacial score (nSPS) is 14.6. The minimum absolute atomic E-state index is 0.167. The highest BCUT2D eigenvalue weighted by atomic mass is 35.5. The number of methoxy groups -OCH3 is 1. The smallest absolute Gasteiger partial charge is 0.232 e. The molecule has 1 aromatic heterocycles. The number of hydrogen-bond acceptors (Lipinski definition) is 8. The van der Waals surface area contributed by atoms with Gasteiger partial charge in [-0.05, 0) is 29.3 Å². The quantitative estimate of drug-likeness (QED) is 0.347. The molecular weight excluding hydrogens is 486 g/mol. The SMILES string of the molecule is COc1ccc(Cl)cc1Nc1nc(N)nc(CN2CCN(C(c3ccccc3)c3ccccc3)CC2)n1. The third-order valence-corrected chi connectivity index (χ3v) is 6.71. The molecule has 5 rings (SSSR count). The Kier molecular flexibility index (Phi) is 7.79. The molecule has 0 radical (unpaired) electrons. The van der Waals surface area contributed by atoms with Gasteiger partial charge in [-0.3, -0.25) is 9.80 Å². The summed E-state index contributed by atoms with van der Waals surface area (Å²) in [5, 5.41) is 3.74. The van der Waals surface area contributed by atoms with E-state index >= 15 is 0 Å². The molecule has 8 nitrogen and oxygen atoms in total. The standard InChI is InChI=1S/C28H30ClN7O/c1-37-24-13-12-22(29)18-23(24)31-28-33-25(32-27(30)34-28)19-35-14-16-36(17-15-35)26(20-8-4-2-5-9-20)21-10-6-3-7-11-21/h2-13,18,26H,14-17,19H2,1H3,(H3,30,31,32,33,34). The lowest BCUT2D eigenvalue weighted by Gasteiger charge is -2.39. The molecule has 1 saturated heterocycles. The molecule has 3 aromatic carbocycles. The van der Waals surface area contributed by atoms with Crippen LogP contribution in [-0.4, -0.2) is 58.0 Å². The molecule has 0 spiro atoms. The van der Waals surface area contributed by atoms with Crippen LogP contribution in [0.3, 0.4) is 0 Å². The van der Waals surface area contributed by atoms with Crippen molar-refractivity contribution in [3.63, 3.8) is 0 Å². The maximum absolute atomic E-state index is 6.16. The van der Waals surface area contributed by atoms with Crippen molar-refractivity contribution in [3.05, 3.63) is 101 Å². The minimum Gasteiger partial charge on any atom is -0.495 e. The van der Waals surface area contributed by atoms with Gasteiger partial charge in [-0.2, -0.15) is 15.0 Å². The van der Waals surface area contributed by atoms with Crippen LogP contribution in [0.2, 0.25) is 5.02 Å². The van der Waals surface area contributed by atoms with Gasteiger partial charge in [-0.1, -0.05) is 72.3 Å². The first-order valence-corrected chi connectivity index (χ1v) is 12.6. The van der Waals surface area contributed by atoms with Crippen LogP contribution in [0.1, 0.15) is 23.0 Å². The summed E-state index contributed by atoms with van der Waals surface area (Å²) in [5.41, 5.74) is 9.29. The summed E-state index contributed by atoms with van der Waals surface area (Å²) in [6.07, 6.45) is 0. The lowest BCUT2D eigenvalue weighted by Crippen LogP contribution is -2.47. The Hall–Kier alpha value is -3.72. The highest BCUT2D eigenvalue weighted by molar-refractivity contribution is 6.31. The zero-order chi connectivity index (χ0) is 25.6. The van der Waals surface area contributed by atoms with Crippen molar-refractivity contribution in [3.8, 4) is 5.75 Å². The van der Waals surface area contributed by atoms with Crippen molar-refractivity contribution in [1.82, 2.24) is 24.8 Å². The Balaban J connectivity index is 1.27. The van der Waals surface area contributed by atoms with Crippen LogP contribution in [0.5, 0.6) is 5.75 Å². The summed E-state index contributed by atoms with van der Waals surface area (Å²) >= 11 is 6.16. The third-order valence-electron chi connectivity index (χ3n) is 6.47. The van der Waals surface area contributed by atoms with Gasteiger partial charge in [0.1, 0.15) is 11.6 Å². The Morgan fingerprint density at radius 2 is 1.54 bits per heavy atom. The molecule has 9 heteroatoms. The van der Waals surface area contributed by atoms with Crippen LogP contribution >= 0.6 is 11.6 Å². The summed E-state index contributed by atoms with van der Waals surface area (Å²) in [7, 11) is 1.60. The summed E-state index contributed by atoms with van der Waals surface area (Å²) < 4.78 is 5.41. The van der Waals surface area contributed by atoms with Crippen LogP contribution in [0.4, 0.5) is 17.6 Å². The number of piperazine rings is 1. The van der Waals surface area contributed by atoms with Crippen molar-refractivity contribution in [2.45, 2.75) is 12.6 Å². The first-order chi connectivity index (χ1) is 18.1. The molecule has 37 heavy (non-hydrogen) atoms. The molecule has 3 N–H and O–H groups in total. The van der Waals surface area contributed by atoms with E-state index in [4.69, 9.17) is 22.1 Å². The summed E-state index contributed by atoms with van der Waals surface area (Å²) in [5.74, 6) is 1.77. The van der Waals surface area contributed by atoms with E-state index in [9.17, 15) is 0 Å². The Bertz CT molecular complexity index is 1280. The number of anilines is 3. The molecular formula is C28H30ClN7O. The number of halogens is 1. The molecule has 0 saturated carbocycles. The molecule has 0 amide bonds. The van der Waals surface area contributed by atoms with E-state index in [-0.39, 0.29) is 12.0 Å². The van der Waals surface area contributed by atoms with Gasteiger partial charge in [0.2, 0.25) is 11.9 Å². The number of benzene rings is 3. The number of nitrogen functional groups attached to an aromatic ring is 1.